The molecule has 0 saturated heterocycles. The van der Waals surface area contributed by atoms with Gasteiger partial charge in [0.05, 0.1) is 6.61 Å². The van der Waals surface area contributed by atoms with Gasteiger partial charge in [0.25, 0.3) is 0 Å². The predicted molar refractivity (Wildman–Crippen MR) is 147 cm³/mol. The van der Waals surface area contributed by atoms with Crippen LogP contribution in [-0.2, 0) is 20.9 Å². The summed E-state index contributed by atoms with van der Waals surface area (Å²) >= 11 is 0. The van der Waals surface area contributed by atoms with E-state index in [-0.39, 0.29) is 25.6 Å². The lowest BCUT2D eigenvalue weighted by atomic mass is 9.98. The third-order valence-electron chi connectivity index (χ3n) is 5.58. The summed E-state index contributed by atoms with van der Waals surface area (Å²) in [6, 6.07) is 14.1. The van der Waals surface area contributed by atoms with Crippen LogP contribution in [0.25, 0.3) is 0 Å². The number of benzene rings is 2. The Morgan fingerprint density at radius 1 is 1.05 bits per heavy atom. The molecular formula is C30H39N3O5. The van der Waals surface area contributed by atoms with Gasteiger partial charge < -0.3 is 25.4 Å². The molecule has 0 aliphatic rings. The third-order valence-corrected chi connectivity index (χ3v) is 5.58. The van der Waals surface area contributed by atoms with Gasteiger partial charge in [-0.1, -0.05) is 62.2 Å². The Hall–Kier alpha value is -3.83. The largest absolute Gasteiger partial charge is 0.444 e. The third kappa shape index (κ3) is 9.56. The van der Waals surface area contributed by atoms with E-state index in [9.17, 15) is 19.5 Å². The normalized spacial score (nSPS) is 12.7. The van der Waals surface area contributed by atoms with E-state index >= 15 is 0 Å². The van der Waals surface area contributed by atoms with Gasteiger partial charge in [0.15, 0.2) is 0 Å². The number of carbonyl (C=O) groups is 3. The molecule has 38 heavy (non-hydrogen) atoms. The standard InChI is InChI=1S/C30H39N3O5/c1-7-22-13-15-24(16-14-22)26(27(35)31-20-23-11-9-8-10-12-23)33(17-18-34)28(36)25(19-21(2)3)32-29(37)38-30(4,5)6/h1,8-16,21,25-26,34H,17-20H2,2-6H3,(H,31,35)(H,32,37). The number of rotatable bonds is 11. The van der Waals surface area contributed by atoms with Crippen molar-refractivity contribution in [1.82, 2.24) is 15.5 Å². The number of ether oxygens (including phenoxy) is 1. The highest BCUT2D eigenvalue weighted by molar-refractivity contribution is 5.92. The zero-order chi connectivity index (χ0) is 28.3. The van der Waals surface area contributed by atoms with Crippen LogP contribution in [0.5, 0.6) is 0 Å². The molecule has 2 aromatic rings. The van der Waals surface area contributed by atoms with Crippen LogP contribution < -0.4 is 10.6 Å². The van der Waals surface area contributed by atoms with Gasteiger partial charge in [0.2, 0.25) is 11.8 Å². The van der Waals surface area contributed by atoms with Crippen LogP contribution in [0.2, 0.25) is 0 Å². The summed E-state index contributed by atoms with van der Waals surface area (Å²) in [4.78, 5) is 41.4. The Morgan fingerprint density at radius 2 is 1.68 bits per heavy atom. The first-order valence-corrected chi connectivity index (χ1v) is 12.7. The number of aliphatic hydroxyl groups excluding tert-OH is 1. The number of alkyl carbamates (subject to hydrolysis) is 1. The number of hydrogen-bond acceptors (Lipinski definition) is 5. The number of nitrogens with zero attached hydrogens (tertiary/aromatic N) is 1. The Bertz CT molecular complexity index is 1100. The second-order valence-corrected chi connectivity index (χ2v) is 10.5. The van der Waals surface area contributed by atoms with Crippen molar-refractivity contribution in [3.8, 4) is 12.3 Å². The van der Waals surface area contributed by atoms with Gasteiger partial charge in [-0.2, -0.15) is 0 Å². The van der Waals surface area contributed by atoms with Gasteiger partial charge in [-0.3, -0.25) is 9.59 Å². The number of terminal acetylenes is 1. The summed E-state index contributed by atoms with van der Waals surface area (Å²) < 4.78 is 5.38. The van der Waals surface area contributed by atoms with Crippen molar-refractivity contribution >= 4 is 17.9 Å². The van der Waals surface area contributed by atoms with Gasteiger partial charge in [-0.25, -0.2) is 4.79 Å². The zero-order valence-electron chi connectivity index (χ0n) is 22.9. The molecule has 8 nitrogen and oxygen atoms in total. The average molecular weight is 522 g/mol. The second kappa shape index (κ2) is 14.2. The topological polar surface area (TPSA) is 108 Å². The Labute approximate surface area is 225 Å². The molecule has 2 rings (SSSR count). The Kier molecular flexibility index (Phi) is 11.4. The van der Waals surface area contributed by atoms with Crippen molar-refractivity contribution in [3.63, 3.8) is 0 Å². The SMILES string of the molecule is C#Cc1ccc(C(C(=O)NCc2ccccc2)N(CCO)C(=O)C(CC(C)C)NC(=O)OC(C)(C)C)cc1. The molecule has 0 heterocycles. The average Bonchev–Trinajstić information content (AvgIpc) is 2.86. The summed E-state index contributed by atoms with van der Waals surface area (Å²) in [7, 11) is 0. The molecular weight excluding hydrogens is 482 g/mol. The summed E-state index contributed by atoms with van der Waals surface area (Å²) in [6.45, 7) is 8.81. The van der Waals surface area contributed by atoms with Crippen LogP contribution in [0.4, 0.5) is 4.79 Å². The van der Waals surface area contributed by atoms with Gasteiger partial charge in [0.1, 0.15) is 17.7 Å². The van der Waals surface area contributed by atoms with Crippen LogP contribution >= 0.6 is 0 Å². The van der Waals surface area contributed by atoms with Gasteiger partial charge in [0, 0.05) is 18.7 Å². The second-order valence-electron chi connectivity index (χ2n) is 10.5. The van der Waals surface area contributed by atoms with Crippen molar-refractivity contribution in [2.75, 3.05) is 13.2 Å². The van der Waals surface area contributed by atoms with E-state index in [4.69, 9.17) is 11.2 Å². The predicted octanol–water partition coefficient (Wildman–Crippen LogP) is 3.79. The van der Waals surface area contributed by atoms with Crippen LogP contribution in [-0.4, -0.2) is 52.7 Å². The minimum absolute atomic E-state index is 0.0510. The molecule has 0 bridgehead atoms. The van der Waals surface area contributed by atoms with Crippen LogP contribution in [0.15, 0.2) is 54.6 Å². The Balaban J connectivity index is 2.44. The van der Waals surface area contributed by atoms with Crippen LogP contribution in [0, 0.1) is 18.3 Å². The van der Waals surface area contributed by atoms with Gasteiger partial charge >= 0.3 is 6.09 Å². The minimum Gasteiger partial charge on any atom is -0.444 e. The van der Waals surface area contributed by atoms with Crippen molar-refractivity contribution in [2.24, 2.45) is 5.92 Å². The van der Waals surface area contributed by atoms with E-state index in [2.05, 4.69) is 16.6 Å². The fourth-order valence-electron chi connectivity index (χ4n) is 3.93. The highest BCUT2D eigenvalue weighted by Gasteiger charge is 2.36. The van der Waals surface area contributed by atoms with E-state index in [1.54, 1.807) is 45.0 Å². The van der Waals surface area contributed by atoms with E-state index in [1.807, 2.05) is 44.2 Å². The monoisotopic (exact) mass is 521 g/mol. The highest BCUT2D eigenvalue weighted by atomic mass is 16.6. The molecule has 2 unspecified atom stereocenters. The quantitative estimate of drug-likeness (QED) is 0.390. The number of aliphatic hydroxyl groups is 1. The summed E-state index contributed by atoms with van der Waals surface area (Å²) in [5, 5.41) is 15.5. The molecule has 0 aliphatic heterocycles. The molecule has 3 N–H and O–H groups in total. The lowest BCUT2D eigenvalue weighted by Gasteiger charge is -2.34. The number of hydrogen-bond donors (Lipinski definition) is 3. The summed E-state index contributed by atoms with van der Waals surface area (Å²) in [5.74, 6) is 1.67. The highest BCUT2D eigenvalue weighted by Crippen LogP contribution is 2.24. The lowest BCUT2D eigenvalue weighted by Crippen LogP contribution is -2.54. The van der Waals surface area contributed by atoms with Gasteiger partial charge in [-0.05, 0) is 56.4 Å². The van der Waals surface area contributed by atoms with Crippen molar-refractivity contribution in [1.29, 1.82) is 0 Å². The number of carbonyl (C=O) groups excluding carboxylic acids is 3. The van der Waals surface area contributed by atoms with Crippen molar-refractivity contribution < 1.29 is 24.2 Å². The molecule has 0 saturated carbocycles. The first-order chi connectivity index (χ1) is 17.9. The van der Waals surface area contributed by atoms with Crippen LogP contribution in [0.3, 0.4) is 0 Å². The zero-order valence-corrected chi connectivity index (χ0v) is 22.9. The fraction of sp³-hybridized carbons (Fsp3) is 0.433. The van der Waals surface area contributed by atoms with E-state index in [1.165, 1.54) is 4.90 Å². The molecule has 0 fully saturated rings. The first-order valence-electron chi connectivity index (χ1n) is 12.7. The molecule has 0 aliphatic carbocycles. The fourth-order valence-corrected chi connectivity index (χ4v) is 3.93. The molecule has 204 valence electrons. The van der Waals surface area contributed by atoms with Crippen molar-refractivity contribution in [3.05, 3.63) is 71.3 Å². The maximum absolute atomic E-state index is 13.9. The molecule has 2 aromatic carbocycles. The van der Waals surface area contributed by atoms with Crippen LogP contribution in [0.1, 0.15) is 63.8 Å². The maximum atomic E-state index is 13.9. The minimum atomic E-state index is -1.07. The molecule has 0 spiro atoms. The first kappa shape index (κ1) is 30.4. The van der Waals surface area contributed by atoms with Crippen molar-refractivity contribution in [2.45, 2.75) is 65.3 Å². The molecule has 0 radical (unpaired) electrons. The molecule has 8 heteroatoms. The number of nitrogens with one attached hydrogen (secondary N) is 2. The van der Waals surface area contributed by atoms with E-state index in [0.717, 1.165) is 5.56 Å². The van der Waals surface area contributed by atoms with E-state index < -0.39 is 35.6 Å². The summed E-state index contributed by atoms with van der Waals surface area (Å²) in [6.07, 6.45) is 5.08. The maximum Gasteiger partial charge on any atom is 0.408 e. The molecule has 2 atom stereocenters. The number of amides is 3. The summed E-state index contributed by atoms with van der Waals surface area (Å²) in [5.41, 5.74) is 1.30. The smallest absolute Gasteiger partial charge is 0.408 e. The Morgan fingerprint density at radius 3 is 2.21 bits per heavy atom. The van der Waals surface area contributed by atoms with E-state index in [0.29, 0.717) is 17.5 Å². The van der Waals surface area contributed by atoms with Gasteiger partial charge in [-0.15, -0.1) is 6.42 Å². The molecule has 0 aromatic heterocycles. The lowest BCUT2D eigenvalue weighted by molar-refractivity contribution is -0.143. The molecule has 3 amide bonds.